The fraction of sp³-hybridized carbons (Fsp3) is 0.538. The van der Waals surface area contributed by atoms with Gasteiger partial charge in [-0.2, -0.15) is 0 Å². The predicted octanol–water partition coefficient (Wildman–Crippen LogP) is 3.54. The molecule has 0 saturated carbocycles. The zero-order valence-corrected chi connectivity index (χ0v) is 12.7. The van der Waals surface area contributed by atoms with Gasteiger partial charge in [-0.1, -0.05) is 31.5 Å². The smallest absolute Gasteiger partial charge is 0.0551 e. The molecule has 2 nitrogen and oxygen atoms in total. The van der Waals surface area contributed by atoms with Crippen molar-refractivity contribution in [1.29, 1.82) is 0 Å². The molecule has 0 saturated heterocycles. The van der Waals surface area contributed by atoms with Crippen molar-refractivity contribution in [3.05, 3.63) is 33.3 Å². The minimum absolute atomic E-state index is 0.000239. The number of hydrogen-bond acceptors (Lipinski definition) is 2. The molecule has 1 aromatic rings. The molecule has 0 aliphatic rings. The lowest BCUT2D eigenvalue weighted by atomic mass is 9.75. The Bertz CT molecular complexity index is 393. The average Bonchev–Trinajstić information content (AvgIpc) is 2.21. The number of rotatable bonds is 4. The summed E-state index contributed by atoms with van der Waals surface area (Å²) < 4.78 is 0.851. The highest BCUT2D eigenvalue weighted by Gasteiger charge is 2.33. The van der Waals surface area contributed by atoms with Crippen LogP contribution in [0.5, 0.6) is 0 Å². The molecular weight excluding hydrogens is 302 g/mol. The lowest BCUT2D eigenvalue weighted by Gasteiger charge is -2.36. The van der Waals surface area contributed by atoms with E-state index in [1.54, 1.807) is 0 Å². The van der Waals surface area contributed by atoms with Gasteiger partial charge in [-0.05, 0) is 46.5 Å². The van der Waals surface area contributed by atoms with Crippen LogP contribution in [-0.4, -0.2) is 11.7 Å². The molecule has 0 aliphatic carbocycles. The van der Waals surface area contributed by atoms with Crippen molar-refractivity contribution in [3.8, 4) is 0 Å². The molecule has 0 heterocycles. The molecule has 0 bridgehead atoms. The van der Waals surface area contributed by atoms with E-state index in [0.29, 0.717) is 10.9 Å². The van der Waals surface area contributed by atoms with Crippen molar-refractivity contribution in [2.45, 2.75) is 26.3 Å². The predicted molar refractivity (Wildman–Crippen MR) is 76.1 cm³/mol. The van der Waals surface area contributed by atoms with Gasteiger partial charge in [0.15, 0.2) is 0 Å². The molecule has 2 atom stereocenters. The Morgan fingerprint density at radius 2 is 2.06 bits per heavy atom. The number of aliphatic hydroxyl groups is 1. The van der Waals surface area contributed by atoms with Crippen molar-refractivity contribution in [3.63, 3.8) is 0 Å². The van der Waals surface area contributed by atoms with E-state index in [-0.39, 0.29) is 12.5 Å². The van der Waals surface area contributed by atoms with Gasteiger partial charge in [-0.25, -0.2) is 0 Å². The number of hydrogen-bond donors (Lipinski definition) is 2. The summed E-state index contributed by atoms with van der Waals surface area (Å²) in [6, 6.07) is 5.69. The van der Waals surface area contributed by atoms with Crippen LogP contribution in [0.1, 0.15) is 26.3 Å². The van der Waals surface area contributed by atoms with Gasteiger partial charge in [0.2, 0.25) is 0 Å². The van der Waals surface area contributed by atoms with Crippen molar-refractivity contribution in [2.24, 2.45) is 17.6 Å². The molecule has 2 unspecified atom stereocenters. The summed E-state index contributed by atoms with van der Waals surface area (Å²) in [6.07, 6.45) is 0. The molecule has 0 aromatic heterocycles. The van der Waals surface area contributed by atoms with Crippen molar-refractivity contribution in [1.82, 2.24) is 0 Å². The van der Waals surface area contributed by atoms with Crippen LogP contribution in [0, 0.1) is 11.8 Å². The van der Waals surface area contributed by atoms with E-state index < -0.39 is 5.54 Å². The number of nitrogens with two attached hydrogens (primary N) is 1. The van der Waals surface area contributed by atoms with Gasteiger partial charge in [-0.15, -0.1) is 0 Å². The van der Waals surface area contributed by atoms with Gasteiger partial charge < -0.3 is 10.8 Å². The lowest BCUT2D eigenvalue weighted by molar-refractivity contribution is 0.120. The van der Waals surface area contributed by atoms with Gasteiger partial charge in [0, 0.05) is 22.5 Å². The van der Waals surface area contributed by atoms with Gasteiger partial charge in [0.25, 0.3) is 0 Å². The van der Waals surface area contributed by atoms with Crippen LogP contribution in [-0.2, 0) is 5.54 Å². The summed E-state index contributed by atoms with van der Waals surface area (Å²) in [5.74, 6) is 0.303. The van der Waals surface area contributed by atoms with E-state index in [1.807, 2.05) is 25.1 Å². The Morgan fingerprint density at radius 1 is 1.47 bits per heavy atom. The minimum Gasteiger partial charge on any atom is -0.396 e. The molecule has 17 heavy (non-hydrogen) atoms. The van der Waals surface area contributed by atoms with Crippen LogP contribution in [0.2, 0.25) is 5.02 Å². The summed E-state index contributed by atoms with van der Waals surface area (Å²) in [4.78, 5) is 0. The third-order valence-corrected chi connectivity index (χ3v) is 4.55. The largest absolute Gasteiger partial charge is 0.396 e. The average molecular weight is 321 g/mol. The summed E-state index contributed by atoms with van der Waals surface area (Å²) in [7, 11) is 0. The first-order valence-electron chi connectivity index (χ1n) is 5.66. The summed E-state index contributed by atoms with van der Waals surface area (Å²) in [5.41, 5.74) is 6.73. The third-order valence-electron chi connectivity index (χ3n) is 3.31. The van der Waals surface area contributed by atoms with E-state index in [2.05, 4.69) is 29.8 Å². The van der Waals surface area contributed by atoms with Crippen molar-refractivity contribution in [2.75, 3.05) is 6.61 Å². The summed E-state index contributed by atoms with van der Waals surface area (Å²) >= 11 is 9.44. The SMILES string of the molecule is CC(C)C(CO)C(C)(N)c1ccc(Br)c(Cl)c1. The molecule has 96 valence electrons. The van der Waals surface area contributed by atoms with Crippen LogP contribution < -0.4 is 5.73 Å². The topological polar surface area (TPSA) is 46.2 Å². The third kappa shape index (κ3) is 3.22. The minimum atomic E-state index is -0.590. The summed E-state index contributed by atoms with van der Waals surface area (Å²) in [6.45, 7) is 6.13. The zero-order chi connectivity index (χ0) is 13.2. The van der Waals surface area contributed by atoms with Crippen LogP contribution in [0.3, 0.4) is 0 Å². The normalized spacial score (nSPS) is 16.9. The fourth-order valence-electron chi connectivity index (χ4n) is 2.14. The molecule has 0 aliphatic heterocycles. The van der Waals surface area contributed by atoms with Crippen molar-refractivity contribution >= 4 is 27.5 Å². The highest BCUT2D eigenvalue weighted by molar-refractivity contribution is 9.10. The Kier molecular flexibility index (Phi) is 5.02. The first kappa shape index (κ1) is 15.0. The van der Waals surface area contributed by atoms with E-state index in [0.717, 1.165) is 10.0 Å². The first-order valence-corrected chi connectivity index (χ1v) is 6.83. The monoisotopic (exact) mass is 319 g/mol. The van der Waals surface area contributed by atoms with Gasteiger partial charge in [0.05, 0.1) is 5.02 Å². The van der Waals surface area contributed by atoms with Gasteiger partial charge >= 0.3 is 0 Å². The van der Waals surface area contributed by atoms with E-state index in [1.165, 1.54) is 0 Å². The first-order chi connectivity index (χ1) is 7.80. The Hall–Kier alpha value is -0.0900. The van der Waals surface area contributed by atoms with Gasteiger partial charge in [0.1, 0.15) is 0 Å². The second-order valence-electron chi connectivity index (χ2n) is 4.94. The lowest BCUT2D eigenvalue weighted by Crippen LogP contribution is -2.45. The highest BCUT2D eigenvalue weighted by Crippen LogP contribution is 2.34. The number of halogens is 2. The molecule has 1 rings (SSSR count). The number of benzene rings is 1. The quantitative estimate of drug-likeness (QED) is 0.891. The molecule has 4 heteroatoms. The van der Waals surface area contributed by atoms with Crippen LogP contribution in [0.4, 0.5) is 0 Å². The Labute approximate surface area is 116 Å². The summed E-state index contributed by atoms with van der Waals surface area (Å²) in [5, 5.41) is 10.1. The molecule has 0 amide bonds. The van der Waals surface area contributed by atoms with E-state index in [9.17, 15) is 5.11 Å². The fourth-order valence-corrected chi connectivity index (χ4v) is 2.57. The maximum absolute atomic E-state index is 9.50. The standard InChI is InChI=1S/C13H19BrClNO/c1-8(2)10(7-17)13(3,16)9-4-5-11(14)12(15)6-9/h4-6,8,10,17H,7,16H2,1-3H3. The zero-order valence-electron chi connectivity index (χ0n) is 10.4. The molecular formula is C13H19BrClNO. The van der Waals surface area contributed by atoms with E-state index in [4.69, 9.17) is 17.3 Å². The Balaban J connectivity index is 3.15. The molecule has 0 spiro atoms. The van der Waals surface area contributed by atoms with Crippen molar-refractivity contribution < 1.29 is 5.11 Å². The van der Waals surface area contributed by atoms with Gasteiger partial charge in [-0.3, -0.25) is 0 Å². The molecule has 0 radical (unpaired) electrons. The molecule has 1 aromatic carbocycles. The number of aliphatic hydroxyl groups excluding tert-OH is 1. The van der Waals surface area contributed by atoms with Crippen LogP contribution in [0.15, 0.2) is 22.7 Å². The maximum Gasteiger partial charge on any atom is 0.0551 e. The van der Waals surface area contributed by atoms with Crippen LogP contribution in [0.25, 0.3) is 0 Å². The highest BCUT2D eigenvalue weighted by atomic mass is 79.9. The molecule has 0 fully saturated rings. The second kappa shape index (κ2) is 5.70. The molecule has 3 N–H and O–H groups in total. The Morgan fingerprint density at radius 3 is 2.47 bits per heavy atom. The second-order valence-corrected chi connectivity index (χ2v) is 6.21. The van der Waals surface area contributed by atoms with Crippen LogP contribution >= 0.6 is 27.5 Å². The van der Waals surface area contributed by atoms with E-state index >= 15 is 0 Å². The maximum atomic E-state index is 9.50.